The molecule has 2 N–H and O–H groups in total. The number of nitrogens with two attached hydrogens (primary N) is 1. The number of rotatable bonds is 0. The first kappa shape index (κ1) is 15.7. The number of hydrogen-bond acceptors (Lipinski definition) is 1. The van der Waals surface area contributed by atoms with Crippen LogP contribution in [0.25, 0.3) is 0 Å². The van der Waals surface area contributed by atoms with Gasteiger partial charge in [0.2, 0.25) is 6.41 Å². The van der Waals surface area contributed by atoms with E-state index in [-0.39, 0.29) is 99.8 Å². The summed E-state index contributed by atoms with van der Waals surface area (Å²) in [5.74, 6) is 0. The zero-order valence-electron chi connectivity index (χ0n) is 6.27. The van der Waals surface area contributed by atoms with Crippen LogP contribution in [0.1, 0.15) is 4.28 Å². The zero-order chi connectivity index (χ0) is 2.71. The molecular formula is CH6CaKNO. The number of hydrogen-bond donors (Lipinski definition) is 1. The van der Waals surface area contributed by atoms with Gasteiger partial charge in [-0.25, -0.2) is 0 Å². The largest absolute Gasteiger partial charge is 2.00 e. The molecule has 0 fully saturated rings. The van der Waals surface area contributed by atoms with Crippen molar-refractivity contribution < 1.29 is 60.5 Å². The van der Waals surface area contributed by atoms with Crippen LogP contribution in [0, 0.1) is 0 Å². The number of carbonyl (C=O) groups is 1. The Kier molecular flexibility index (Phi) is 50.7. The van der Waals surface area contributed by atoms with Gasteiger partial charge < -0.3 is 10.0 Å². The Balaban J connectivity index is -0.00000000200. The van der Waals surface area contributed by atoms with E-state index in [1.54, 1.807) is 0 Å². The normalized spacial score (nSPS) is 2.40. The average molecular weight is 127 g/mol. The van der Waals surface area contributed by atoms with Gasteiger partial charge in [0, 0.05) is 0 Å². The maximum Gasteiger partial charge on any atom is 2.00 e. The van der Waals surface area contributed by atoms with Crippen molar-refractivity contribution in [1.82, 2.24) is 0 Å². The SMILES string of the molecule is NC=O.[Ca+2].[H-].[H-].[H-].[K+]. The fraction of sp³-hybridized carbons (Fsp3) is 0. The molecule has 0 saturated heterocycles. The third-order valence-corrected chi connectivity index (χ3v) is 0. The third-order valence-electron chi connectivity index (χ3n) is 0. The Morgan fingerprint density at radius 2 is 1.80 bits per heavy atom. The van der Waals surface area contributed by atoms with Crippen LogP contribution in [0.4, 0.5) is 0 Å². The molecule has 0 heterocycles. The van der Waals surface area contributed by atoms with E-state index in [1.165, 1.54) is 0 Å². The van der Waals surface area contributed by atoms with Crippen molar-refractivity contribution in [2.45, 2.75) is 0 Å². The molecular weight excluding hydrogens is 121 g/mol. The Labute approximate surface area is 108 Å². The molecule has 0 aliphatic rings. The van der Waals surface area contributed by atoms with Crippen LogP contribution in [-0.2, 0) is 4.79 Å². The van der Waals surface area contributed by atoms with Gasteiger partial charge in [0.05, 0.1) is 0 Å². The maximum atomic E-state index is 8.58. The first-order chi connectivity index (χ1) is 1.41. The molecule has 0 saturated carbocycles. The number of carbonyl (C=O) groups excluding carboxylic acids is 1. The standard InChI is InChI=1S/CH3NO.Ca.K.3H/c2-1-3;;;;;/h1H,(H2,2,3);;;;;/q;+2;+1;3*-1. The molecule has 0 bridgehead atoms. The number of primary amides is 1. The molecule has 24 valence electrons. The molecule has 0 aromatic rings. The molecule has 0 atom stereocenters. The van der Waals surface area contributed by atoms with Crippen molar-refractivity contribution in [2.24, 2.45) is 5.73 Å². The summed E-state index contributed by atoms with van der Waals surface area (Å²) in [7, 11) is 0. The minimum absolute atomic E-state index is 0. The molecule has 0 aliphatic carbocycles. The summed E-state index contributed by atoms with van der Waals surface area (Å²) in [6.45, 7) is 0. The summed E-state index contributed by atoms with van der Waals surface area (Å²) < 4.78 is 0. The molecule has 0 spiro atoms. The Hall–Kier alpha value is 2.37. The van der Waals surface area contributed by atoms with Crippen molar-refractivity contribution in [1.29, 1.82) is 0 Å². The van der Waals surface area contributed by atoms with E-state index >= 15 is 0 Å². The average Bonchev–Trinajstić information content (AvgIpc) is 0.918. The van der Waals surface area contributed by atoms with Gasteiger partial charge in [0.1, 0.15) is 0 Å². The van der Waals surface area contributed by atoms with E-state index in [0.29, 0.717) is 0 Å². The molecule has 0 aliphatic heterocycles. The van der Waals surface area contributed by atoms with Crippen LogP contribution < -0.4 is 57.1 Å². The van der Waals surface area contributed by atoms with Gasteiger partial charge in [-0.1, -0.05) is 0 Å². The van der Waals surface area contributed by atoms with E-state index < -0.39 is 0 Å². The summed E-state index contributed by atoms with van der Waals surface area (Å²) in [5, 5.41) is 0. The van der Waals surface area contributed by atoms with Gasteiger partial charge >= 0.3 is 89.1 Å². The Bertz CT molecular complexity index is 26.8. The molecule has 0 rings (SSSR count). The van der Waals surface area contributed by atoms with E-state index in [0.717, 1.165) is 0 Å². The van der Waals surface area contributed by atoms with Crippen molar-refractivity contribution in [3.63, 3.8) is 0 Å². The summed E-state index contributed by atoms with van der Waals surface area (Å²) in [6, 6.07) is 0. The summed E-state index contributed by atoms with van der Waals surface area (Å²) in [5.41, 5.74) is 4.17. The van der Waals surface area contributed by atoms with Crippen LogP contribution in [0.5, 0.6) is 0 Å². The second-order valence-electron chi connectivity index (χ2n) is 0.136. The predicted molar refractivity (Wildman–Crippen MR) is 19.3 cm³/mol. The number of amides is 1. The first-order valence-electron chi connectivity index (χ1n) is 0.569. The molecule has 0 aromatic carbocycles. The zero-order valence-corrected chi connectivity index (χ0v) is 8.60. The van der Waals surface area contributed by atoms with Crippen molar-refractivity contribution in [3.8, 4) is 0 Å². The maximum absolute atomic E-state index is 8.58. The quantitative estimate of drug-likeness (QED) is 0.262. The molecule has 4 heteroatoms. The second kappa shape index (κ2) is 16.2. The van der Waals surface area contributed by atoms with Gasteiger partial charge in [0.15, 0.2) is 0 Å². The summed E-state index contributed by atoms with van der Waals surface area (Å²) in [4.78, 5) is 8.58. The van der Waals surface area contributed by atoms with E-state index in [4.69, 9.17) is 4.79 Å². The van der Waals surface area contributed by atoms with Crippen LogP contribution in [-0.4, -0.2) is 44.1 Å². The van der Waals surface area contributed by atoms with Gasteiger partial charge in [-0.3, -0.25) is 4.79 Å². The van der Waals surface area contributed by atoms with Crippen molar-refractivity contribution >= 4 is 44.1 Å². The van der Waals surface area contributed by atoms with Crippen LogP contribution in [0.3, 0.4) is 0 Å². The van der Waals surface area contributed by atoms with Crippen LogP contribution in [0.2, 0.25) is 0 Å². The third kappa shape index (κ3) is 21.7. The van der Waals surface area contributed by atoms with Gasteiger partial charge in [-0.05, 0) is 0 Å². The van der Waals surface area contributed by atoms with E-state index in [9.17, 15) is 0 Å². The Morgan fingerprint density at radius 3 is 1.80 bits per heavy atom. The van der Waals surface area contributed by atoms with E-state index in [1.807, 2.05) is 0 Å². The van der Waals surface area contributed by atoms with Gasteiger partial charge in [-0.15, -0.1) is 0 Å². The topological polar surface area (TPSA) is 43.1 Å². The van der Waals surface area contributed by atoms with Crippen LogP contribution >= 0.6 is 0 Å². The monoisotopic (exact) mass is 127 g/mol. The molecule has 0 aromatic heterocycles. The fourth-order valence-corrected chi connectivity index (χ4v) is 0. The van der Waals surface area contributed by atoms with Crippen molar-refractivity contribution in [3.05, 3.63) is 0 Å². The van der Waals surface area contributed by atoms with E-state index in [2.05, 4.69) is 5.73 Å². The molecule has 5 heavy (non-hydrogen) atoms. The van der Waals surface area contributed by atoms with Crippen molar-refractivity contribution in [2.75, 3.05) is 0 Å². The first-order valence-corrected chi connectivity index (χ1v) is 0.569. The molecule has 1 amide bonds. The summed E-state index contributed by atoms with van der Waals surface area (Å²) >= 11 is 0. The molecule has 2 nitrogen and oxygen atoms in total. The predicted octanol–water partition coefficient (Wildman–Crippen LogP) is -3.94. The van der Waals surface area contributed by atoms with Gasteiger partial charge in [-0.2, -0.15) is 0 Å². The fourth-order valence-electron chi connectivity index (χ4n) is 0. The smallest absolute Gasteiger partial charge is 1.00 e. The Morgan fingerprint density at radius 1 is 1.80 bits per heavy atom. The van der Waals surface area contributed by atoms with Gasteiger partial charge in [0.25, 0.3) is 0 Å². The second-order valence-corrected chi connectivity index (χ2v) is 0.136. The minimum atomic E-state index is 0. The van der Waals surface area contributed by atoms with Crippen LogP contribution in [0.15, 0.2) is 0 Å². The summed E-state index contributed by atoms with van der Waals surface area (Å²) in [6.07, 6.45) is 0.250. The molecule has 0 unspecified atom stereocenters. The molecule has 0 radical (unpaired) electrons. The minimum Gasteiger partial charge on any atom is -1.00 e.